The van der Waals surface area contributed by atoms with Gasteiger partial charge in [-0.15, -0.1) is 0 Å². The van der Waals surface area contributed by atoms with Crippen molar-refractivity contribution in [2.24, 2.45) is 0 Å². The van der Waals surface area contributed by atoms with E-state index in [-0.39, 0.29) is 0 Å². The van der Waals surface area contributed by atoms with E-state index in [0.717, 1.165) is 26.7 Å². The molecule has 0 saturated carbocycles. The number of rotatable bonds is 3. The smallest absolute Gasteiger partial charge is 0.0416 e. The topological polar surface area (TPSA) is 24.9 Å². The van der Waals surface area contributed by atoms with Crippen LogP contribution in [0.3, 0.4) is 0 Å². The molecule has 1 N–H and O–H groups in total. The zero-order valence-corrected chi connectivity index (χ0v) is 14.1. The Balaban J connectivity index is 2.05. The maximum atomic E-state index is 4.13. The molecule has 0 radical (unpaired) electrons. The summed E-state index contributed by atoms with van der Waals surface area (Å²) in [5.41, 5.74) is 2.26. The number of pyridine rings is 1. The molecular weight excluding hydrogens is 459 g/mol. The molecule has 2 rings (SSSR count). The van der Waals surface area contributed by atoms with Gasteiger partial charge in [0.25, 0.3) is 0 Å². The highest BCUT2D eigenvalue weighted by atomic mass is 127. The van der Waals surface area contributed by atoms with Crippen molar-refractivity contribution in [1.82, 2.24) is 4.98 Å². The second kappa shape index (κ2) is 6.15. The van der Waals surface area contributed by atoms with Gasteiger partial charge >= 0.3 is 0 Å². The zero-order chi connectivity index (χ0) is 12.3. The maximum Gasteiger partial charge on any atom is 0.0416 e. The monoisotopic (exact) mass is 466 g/mol. The fourth-order valence-electron chi connectivity index (χ4n) is 1.36. The molecule has 0 fully saturated rings. The molecule has 1 aromatic carbocycles. The average molecular weight is 468 g/mol. The van der Waals surface area contributed by atoms with Gasteiger partial charge in [-0.3, -0.25) is 4.98 Å². The van der Waals surface area contributed by atoms with Gasteiger partial charge in [-0.2, -0.15) is 0 Å². The van der Waals surface area contributed by atoms with Crippen LogP contribution >= 0.6 is 54.5 Å². The standard InChI is InChI=1S/C12H9Br2IN2/c13-9-3-8(5-16-7-9)6-17-10-1-2-11(14)12(15)4-10/h1-5,7,17H,6H2. The Hall–Kier alpha value is -0.140. The summed E-state index contributed by atoms with van der Waals surface area (Å²) in [7, 11) is 0. The first-order valence-corrected chi connectivity index (χ1v) is 7.60. The van der Waals surface area contributed by atoms with Gasteiger partial charge in [0, 0.05) is 37.1 Å². The fraction of sp³-hybridized carbons (Fsp3) is 0.0833. The highest BCUT2D eigenvalue weighted by Crippen LogP contribution is 2.23. The van der Waals surface area contributed by atoms with Crippen LogP contribution in [0, 0.1) is 3.57 Å². The molecule has 0 spiro atoms. The van der Waals surface area contributed by atoms with Crippen LogP contribution in [-0.2, 0) is 6.54 Å². The third-order valence-electron chi connectivity index (χ3n) is 2.18. The summed E-state index contributed by atoms with van der Waals surface area (Å²) in [6.45, 7) is 0.768. The molecule has 0 aliphatic heterocycles. The van der Waals surface area contributed by atoms with Crippen molar-refractivity contribution < 1.29 is 0 Å². The lowest BCUT2D eigenvalue weighted by molar-refractivity contribution is 1.11. The Morgan fingerprint density at radius 1 is 1.18 bits per heavy atom. The third-order valence-corrected chi connectivity index (χ3v) is 4.94. The quantitative estimate of drug-likeness (QED) is 0.654. The Morgan fingerprint density at radius 3 is 2.71 bits per heavy atom. The van der Waals surface area contributed by atoms with Crippen LogP contribution in [-0.4, -0.2) is 4.98 Å². The lowest BCUT2D eigenvalue weighted by atomic mass is 10.2. The molecular formula is C12H9Br2IN2. The van der Waals surface area contributed by atoms with E-state index < -0.39 is 0 Å². The first-order valence-electron chi connectivity index (χ1n) is 4.93. The second-order valence-electron chi connectivity index (χ2n) is 3.49. The van der Waals surface area contributed by atoms with E-state index in [1.54, 1.807) is 6.20 Å². The van der Waals surface area contributed by atoms with E-state index in [4.69, 9.17) is 0 Å². The van der Waals surface area contributed by atoms with Crippen LogP contribution < -0.4 is 5.32 Å². The molecule has 0 amide bonds. The SMILES string of the molecule is Brc1cncc(CNc2ccc(Br)c(I)c2)c1. The van der Waals surface area contributed by atoms with Gasteiger partial charge in [0.05, 0.1) is 0 Å². The number of hydrogen-bond donors (Lipinski definition) is 1. The van der Waals surface area contributed by atoms with Crippen molar-refractivity contribution in [2.75, 3.05) is 5.32 Å². The highest BCUT2D eigenvalue weighted by Gasteiger charge is 1.99. The number of benzene rings is 1. The van der Waals surface area contributed by atoms with E-state index in [1.165, 1.54) is 3.57 Å². The number of anilines is 1. The van der Waals surface area contributed by atoms with Gasteiger partial charge in [0.1, 0.15) is 0 Å². The average Bonchev–Trinajstić information content (AvgIpc) is 2.31. The van der Waals surface area contributed by atoms with Crippen LogP contribution in [0.4, 0.5) is 5.69 Å². The molecule has 88 valence electrons. The normalized spacial score (nSPS) is 10.3. The number of halogens is 3. The van der Waals surface area contributed by atoms with Gasteiger partial charge in [0.2, 0.25) is 0 Å². The van der Waals surface area contributed by atoms with Crippen LogP contribution in [0.2, 0.25) is 0 Å². The molecule has 17 heavy (non-hydrogen) atoms. The summed E-state index contributed by atoms with van der Waals surface area (Å²) in [6.07, 6.45) is 3.65. The maximum absolute atomic E-state index is 4.13. The molecule has 0 saturated heterocycles. The summed E-state index contributed by atoms with van der Waals surface area (Å²) < 4.78 is 3.31. The molecule has 0 aliphatic rings. The minimum absolute atomic E-state index is 0.768. The van der Waals surface area contributed by atoms with Gasteiger partial charge in [-0.25, -0.2) is 0 Å². The minimum atomic E-state index is 0.768. The molecule has 2 nitrogen and oxygen atoms in total. The Labute approximate surface area is 131 Å². The fourth-order valence-corrected chi connectivity index (χ4v) is 2.54. The predicted octanol–water partition coefficient (Wildman–Crippen LogP) is 4.82. The number of nitrogens with zero attached hydrogens (tertiary/aromatic N) is 1. The van der Waals surface area contributed by atoms with E-state index in [1.807, 2.05) is 12.3 Å². The lowest BCUT2D eigenvalue weighted by Gasteiger charge is -2.07. The van der Waals surface area contributed by atoms with Crippen LogP contribution in [0.25, 0.3) is 0 Å². The molecule has 0 unspecified atom stereocenters. The lowest BCUT2D eigenvalue weighted by Crippen LogP contribution is -2.00. The van der Waals surface area contributed by atoms with E-state index in [9.17, 15) is 0 Å². The number of nitrogens with one attached hydrogen (secondary N) is 1. The van der Waals surface area contributed by atoms with E-state index in [0.29, 0.717) is 0 Å². The van der Waals surface area contributed by atoms with Gasteiger partial charge in [-0.05, 0) is 84.3 Å². The second-order valence-corrected chi connectivity index (χ2v) is 6.43. The van der Waals surface area contributed by atoms with Crippen LogP contribution in [0.5, 0.6) is 0 Å². The molecule has 0 atom stereocenters. The Bertz CT molecular complexity index is 532. The minimum Gasteiger partial charge on any atom is -0.381 e. The summed E-state index contributed by atoms with van der Waals surface area (Å²) in [5, 5.41) is 3.37. The summed E-state index contributed by atoms with van der Waals surface area (Å²) in [4.78, 5) is 4.13. The van der Waals surface area contributed by atoms with Crippen molar-refractivity contribution in [2.45, 2.75) is 6.54 Å². The molecule has 5 heteroatoms. The largest absolute Gasteiger partial charge is 0.381 e. The van der Waals surface area contributed by atoms with Gasteiger partial charge in [-0.1, -0.05) is 0 Å². The van der Waals surface area contributed by atoms with Crippen LogP contribution in [0.15, 0.2) is 45.6 Å². The highest BCUT2D eigenvalue weighted by molar-refractivity contribution is 14.1. The first kappa shape index (κ1) is 13.3. The Morgan fingerprint density at radius 2 is 2.00 bits per heavy atom. The van der Waals surface area contributed by atoms with Gasteiger partial charge in [0.15, 0.2) is 0 Å². The van der Waals surface area contributed by atoms with Crippen LogP contribution in [0.1, 0.15) is 5.56 Å². The summed E-state index contributed by atoms with van der Waals surface area (Å²) in [5.74, 6) is 0. The summed E-state index contributed by atoms with van der Waals surface area (Å²) >= 11 is 9.20. The Kier molecular flexibility index (Phi) is 4.81. The van der Waals surface area contributed by atoms with Crippen molar-refractivity contribution in [3.63, 3.8) is 0 Å². The zero-order valence-electron chi connectivity index (χ0n) is 8.75. The van der Waals surface area contributed by atoms with Gasteiger partial charge < -0.3 is 5.32 Å². The van der Waals surface area contributed by atoms with Crippen molar-refractivity contribution in [3.8, 4) is 0 Å². The van der Waals surface area contributed by atoms with Crippen molar-refractivity contribution in [3.05, 3.63) is 54.7 Å². The number of hydrogen-bond acceptors (Lipinski definition) is 2. The molecule has 1 aromatic heterocycles. The van der Waals surface area contributed by atoms with Crippen molar-refractivity contribution in [1.29, 1.82) is 0 Å². The van der Waals surface area contributed by atoms with E-state index >= 15 is 0 Å². The number of aromatic nitrogens is 1. The molecule has 1 heterocycles. The summed E-state index contributed by atoms with van der Waals surface area (Å²) in [6, 6.07) is 8.26. The molecule has 0 aliphatic carbocycles. The van der Waals surface area contributed by atoms with Crippen molar-refractivity contribution >= 4 is 60.1 Å². The predicted molar refractivity (Wildman–Crippen MR) is 86.1 cm³/mol. The van der Waals surface area contributed by atoms with E-state index in [2.05, 4.69) is 83.0 Å². The molecule has 2 aromatic rings. The molecule has 0 bridgehead atoms. The third kappa shape index (κ3) is 3.93. The first-order chi connectivity index (χ1) is 8.15.